The minimum absolute atomic E-state index is 0.665. The zero-order chi connectivity index (χ0) is 16.4. The Labute approximate surface area is 140 Å². The maximum absolute atomic E-state index is 5.99. The topological polar surface area (TPSA) is 39.9 Å². The van der Waals surface area contributed by atoms with Gasteiger partial charge in [0.15, 0.2) is 0 Å². The molecule has 4 aromatic rings. The molecular weight excluding hydrogens is 298 g/mol. The van der Waals surface area contributed by atoms with E-state index in [4.69, 9.17) is 4.74 Å². The van der Waals surface area contributed by atoms with E-state index in [1.807, 2.05) is 67.8 Å². The van der Waals surface area contributed by atoms with Gasteiger partial charge in [-0.05, 0) is 37.3 Å². The van der Waals surface area contributed by atoms with Crippen molar-refractivity contribution in [1.29, 1.82) is 0 Å². The van der Waals surface area contributed by atoms with Gasteiger partial charge < -0.3 is 9.30 Å². The maximum atomic E-state index is 5.99. The summed E-state index contributed by atoms with van der Waals surface area (Å²) in [6.45, 7) is 2.71. The van der Waals surface area contributed by atoms with Crippen molar-refractivity contribution in [3.05, 3.63) is 84.4 Å². The predicted octanol–water partition coefficient (Wildman–Crippen LogP) is 4.58. The average Bonchev–Trinajstić information content (AvgIpc) is 3.03. The lowest BCUT2D eigenvalue weighted by Crippen LogP contribution is -2.03. The highest BCUT2D eigenvalue weighted by atomic mass is 16.5. The van der Waals surface area contributed by atoms with Gasteiger partial charge in [-0.3, -0.25) is 4.98 Å². The third-order valence-corrected chi connectivity index (χ3v) is 4.08. The fourth-order valence-electron chi connectivity index (χ4n) is 2.74. The monoisotopic (exact) mass is 315 g/mol. The molecule has 0 radical (unpaired) electrons. The van der Waals surface area contributed by atoms with E-state index in [1.165, 1.54) is 0 Å². The van der Waals surface area contributed by atoms with Crippen LogP contribution in [0.4, 0.5) is 0 Å². The number of imidazole rings is 1. The molecule has 4 heteroatoms. The Morgan fingerprint density at radius 3 is 2.58 bits per heavy atom. The fourth-order valence-corrected chi connectivity index (χ4v) is 2.74. The number of para-hydroxylation sites is 3. The van der Waals surface area contributed by atoms with Crippen molar-refractivity contribution in [1.82, 2.24) is 14.5 Å². The Hall–Kier alpha value is -3.14. The smallest absolute Gasteiger partial charge is 0.133 e. The standard InChI is InChI=1S/C20H17N3O/c1-15-18(13-23-14-22-17-9-5-6-10-19(17)23)21-12-11-20(15)24-16-7-3-2-4-8-16/h2-12,14H,13H2,1H3. The van der Waals surface area contributed by atoms with Crippen LogP contribution in [-0.2, 0) is 6.54 Å². The van der Waals surface area contributed by atoms with E-state index in [2.05, 4.69) is 20.6 Å². The summed E-state index contributed by atoms with van der Waals surface area (Å²) in [7, 11) is 0. The molecule has 0 unspecified atom stereocenters. The summed E-state index contributed by atoms with van der Waals surface area (Å²) < 4.78 is 8.10. The molecule has 4 nitrogen and oxygen atoms in total. The number of benzene rings is 2. The molecule has 0 spiro atoms. The number of ether oxygens (including phenoxy) is 1. The maximum Gasteiger partial charge on any atom is 0.133 e. The van der Waals surface area contributed by atoms with Crippen LogP contribution in [0.2, 0.25) is 0 Å². The Morgan fingerprint density at radius 2 is 1.71 bits per heavy atom. The van der Waals surface area contributed by atoms with Gasteiger partial charge in [-0.25, -0.2) is 4.98 Å². The lowest BCUT2D eigenvalue weighted by Gasteiger charge is -2.12. The number of pyridine rings is 1. The Balaban J connectivity index is 1.65. The molecule has 0 amide bonds. The molecule has 0 aliphatic rings. The normalized spacial score (nSPS) is 10.9. The number of hydrogen-bond acceptors (Lipinski definition) is 3. The van der Waals surface area contributed by atoms with Crippen molar-refractivity contribution in [3.63, 3.8) is 0 Å². The summed E-state index contributed by atoms with van der Waals surface area (Å²) in [5.41, 5.74) is 4.12. The number of fused-ring (bicyclic) bond motifs is 1. The van der Waals surface area contributed by atoms with E-state index in [1.54, 1.807) is 6.20 Å². The number of aromatic nitrogens is 3. The largest absolute Gasteiger partial charge is 0.457 e. The fraction of sp³-hybridized carbons (Fsp3) is 0.100. The summed E-state index contributed by atoms with van der Waals surface area (Å²) in [5, 5.41) is 0. The summed E-state index contributed by atoms with van der Waals surface area (Å²) in [6.07, 6.45) is 3.65. The molecular formula is C20H17N3O. The molecule has 24 heavy (non-hydrogen) atoms. The van der Waals surface area contributed by atoms with Gasteiger partial charge in [0.2, 0.25) is 0 Å². The van der Waals surface area contributed by atoms with Crippen LogP contribution in [0, 0.1) is 6.92 Å². The van der Waals surface area contributed by atoms with Crippen molar-refractivity contribution >= 4 is 11.0 Å². The van der Waals surface area contributed by atoms with E-state index >= 15 is 0 Å². The van der Waals surface area contributed by atoms with Crippen molar-refractivity contribution in [3.8, 4) is 11.5 Å². The van der Waals surface area contributed by atoms with Crippen molar-refractivity contribution < 1.29 is 4.74 Å². The molecule has 0 saturated heterocycles. The van der Waals surface area contributed by atoms with E-state index in [9.17, 15) is 0 Å². The van der Waals surface area contributed by atoms with Crippen LogP contribution in [-0.4, -0.2) is 14.5 Å². The van der Waals surface area contributed by atoms with Crippen LogP contribution in [0.5, 0.6) is 11.5 Å². The van der Waals surface area contributed by atoms with Crippen molar-refractivity contribution in [2.75, 3.05) is 0 Å². The highest BCUT2D eigenvalue weighted by Gasteiger charge is 2.10. The average molecular weight is 315 g/mol. The molecule has 118 valence electrons. The number of nitrogens with zero attached hydrogens (tertiary/aromatic N) is 3. The van der Waals surface area contributed by atoms with Gasteiger partial charge in [-0.1, -0.05) is 30.3 Å². The highest BCUT2D eigenvalue weighted by molar-refractivity contribution is 5.75. The first-order chi connectivity index (χ1) is 11.8. The van der Waals surface area contributed by atoms with Crippen LogP contribution in [0.15, 0.2) is 73.2 Å². The Bertz CT molecular complexity index is 977. The molecule has 0 aliphatic heterocycles. The number of hydrogen-bond donors (Lipinski definition) is 0. The van der Waals surface area contributed by atoms with Crippen molar-refractivity contribution in [2.24, 2.45) is 0 Å². The van der Waals surface area contributed by atoms with Gasteiger partial charge in [0.1, 0.15) is 11.5 Å². The first-order valence-corrected chi connectivity index (χ1v) is 7.88. The lowest BCUT2D eigenvalue weighted by molar-refractivity contribution is 0.476. The zero-order valence-electron chi connectivity index (χ0n) is 13.4. The minimum Gasteiger partial charge on any atom is -0.457 e. The van der Waals surface area contributed by atoms with E-state index in [-0.39, 0.29) is 0 Å². The second-order valence-electron chi connectivity index (χ2n) is 5.66. The zero-order valence-corrected chi connectivity index (χ0v) is 13.4. The van der Waals surface area contributed by atoms with Gasteiger partial charge >= 0.3 is 0 Å². The summed E-state index contributed by atoms with van der Waals surface area (Å²) >= 11 is 0. The molecule has 0 saturated carbocycles. The number of rotatable bonds is 4. The van der Waals surface area contributed by atoms with Crippen LogP contribution < -0.4 is 4.74 Å². The van der Waals surface area contributed by atoms with Gasteiger partial charge in [0, 0.05) is 11.8 Å². The summed E-state index contributed by atoms with van der Waals surface area (Å²) in [5.74, 6) is 1.65. The molecule has 2 aromatic carbocycles. The minimum atomic E-state index is 0.665. The molecule has 0 bridgehead atoms. The molecule has 4 rings (SSSR count). The SMILES string of the molecule is Cc1c(Oc2ccccc2)ccnc1Cn1cnc2ccccc21. The molecule has 2 heterocycles. The van der Waals surface area contributed by atoms with E-state index in [0.29, 0.717) is 6.54 Å². The molecule has 0 N–H and O–H groups in total. The first-order valence-electron chi connectivity index (χ1n) is 7.88. The quantitative estimate of drug-likeness (QED) is 0.553. The molecule has 0 aliphatic carbocycles. The Morgan fingerprint density at radius 1 is 0.917 bits per heavy atom. The first kappa shape index (κ1) is 14.5. The molecule has 2 aromatic heterocycles. The molecule has 0 fully saturated rings. The van der Waals surface area contributed by atoms with Crippen molar-refractivity contribution in [2.45, 2.75) is 13.5 Å². The third-order valence-electron chi connectivity index (χ3n) is 4.08. The highest BCUT2D eigenvalue weighted by Crippen LogP contribution is 2.26. The van der Waals surface area contributed by atoms with Crippen LogP contribution in [0.3, 0.4) is 0 Å². The van der Waals surface area contributed by atoms with Crippen LogP contribution in [0.25, 0.3) is 11.0 Å². The Kier molecular flexibility index (Phi) is 3.71. The van der Waals surface area contributed by atoms with Gasteiger partial charge in [0.05, 0.1) is 29.6 Å². The third kappa shape index (κ3) is 2.74. The second kappa shape index (κ2) is 6.16. The lowest BCUT2D eigenvalue weighted by atomic mass is 10.2. The van der Waals surface area contributed by atoms with E-state index in [0.717, 1.165) is 33.8 Å². The van der Waals surface area contributed by atoms with Gasteiger partial charge in [0.25, 0.3) is 0 Å². The van der Waals surface area contributed by atoms with Gasteiger partial charge in [-0.15, -0.1) is 0 Å². The predicted molar refractivity (Wildman–Crippen MR) is 94.3 cm³/mol. The van der Waals surface area contributed by atoms with Crippen LogP contribution >= 0.6 is 0 Å². The summed E-state index contributed by atoms with van der Waals surface area (Å²) in [4.78, 5) is 8.97. The summed E-state index contributed by atoms with van der Waals surface area (Å²) in [6, 6.07) is 19.8. The second-order valence-corrected chi connectivity index (χ2v) is 5.66. The molecule has 0 atom stereocenters. The van der Waals surface area contributed by atoms with Crippen LogP contribution in [0.1, 0.15) is 11.3 Å². The van der Waals surface area contributed by atoms with E-state index < -0.39 is 0 Å². The van der Waals surface area contributed by atoms with Gasteiger partial charge in [-0.2, -0.15) is 0 Å².